The van der Waals surface area contributed by atoms with E-state index >= 15 is 0 Å². The second kappa shape index (κ2) is 18.8. The van der Waals surface area contributed by atoms with Crippen LogP contribution in [0.5, 0.6) is 0 Å². The molecule has 6 aromatic heterocycles. The molecule has 0 spiro atoms. The van der Waals surface area contributed by atoms with Crippen molar-refractivity contribution in [2.24, 2.45) is 0 Å². The van der Waals surface area contributed by atoms with E-state index in [0.29, 0.717) is 0 Å². The Hall–Kier alpha value is -10.1. The molecule has 10 aromatic carbocycles. The summed E-state index contributed by atoms with van der Waals surface area (Å²) in [4.78, 5) is 20.7. The van der Waals surface area contributed by atoms with Crippen molar-refractivity contribution in [1.82, 2.24) is 19.9 Å². The number of benzene rings is 10. The summed E-state index contributed by atoms with van der Waals surface area (Å²) in [6.07, 6.45) is 0. The van der Waals surface area contributed by atoms with E-state index in [1.54, 1.807) is 0 Å². The average Bonchev–Trinajstić information content (AvgIpc) is 4.23. The fourth-order valence-corrected chi connectivity index (χ4v) is 12.2. The third kappa shape index (κ3) is 7.99. The van der Waals surface area contributed by atoms with Gasteiger partial charge in [0.2, 0.25) is 0 Å². The van der Waals surface area contributed by atoms with E-state index in [1.807, 2.05) is 54.6 Å². The first-order chi connectivity index (χ1) is 40.6. The number of nitrogens with zero attached hydrogens (tertiary/aromatic N) is 4. The van der Waals surface area contributed by atoms with Gasteiger partial charge >= 0.3 is 7.12 Å². The smallest absolute Gasteiger partial charge is 0.455 e. The molecule has 0 amide bonds. The van der Waals surface area contributed by atoms with Crippen LogP contribution in [0.3, 0.4) is 0 Å². The van der Waals surface area contributed by atoms with Crippen LogP contribution < -0.4 is 5.46 Å². The summed E-state index contributed by atoms with van der Waals surface area (Å²) in [7, 11) is -0.427. The summed E-state index contributed by atoms with van der Waals surface area (Å²) < 4.78 is 25.6. The van der Waals surface area contributed by atoms with Crippen molar-refractivity contribution >= 4 is 122 Å². The van der Waals surface area contributed by atoms with Crippen LogP contribution >= 0.6 is 0 Å². The zero-order valence-electron chi connectivity index (χ0n) is 46.0. The molecular formula is C74H51BN4O4. The lowest BCUT2D eigenvalue weighted by molar-refractivity contribution is 0.00578. The zero-order chi connectivity index (χ0) is 55.6. The van der Waals surface area contributed by atoms with Gasteiger partial charge in [0, 0.05) is 86.9 Å². The molecule has 1 fully saturated rings. The minimum Gasteiger partial charge on any atom is -0.455 e. The molecule has 1 aliphatic heterocycles. The SMILES string of the molecule is CC1(C)OB(c2cccc(-c3nc4ccccc4c4c3ccc3c5ccccc5oc34)c2)OC1(C)C.c1ccc(-c2ccc3ccc4ccc(-c5cccc(-c6nc7ccccc7c7c6ccc6c8ccccc8oc67)c5)nc4c3n2)cc1. The van der Waals surface area contributed by atoms with Gasteiger partial charge in [0.1, 0.15) is 22.3 Å². The molecule has 7 heterocycles. The monoisotopic (exact) mass is 1070 g/mol. The highest BCUT2D eigenvalue weighted by Crippen LogP contribution is 2.44. The zero-order valence-corrected chi connectivity index (χ0v) is 46.0. The van der Waals surface area contributed by atoms with E-state index in [-0.39, 0.29) is 0 Å². The molecule has 17 rings (SSSR count). The fourth-order valence-electron chi connectivity index (χ4n) is 12.2. The Labute approximate surface area is 477 Å². The number of fused-ring (bicyclic) bond motifs is 17. The van der Waals surface area contributed by atoms with Crippen LogP contribution in [0.25, 0.3) is 154 Å². The van der Waals surface area contributed by atoms with Crippen LogP contribution in [0.4, 0.5) is 0 Å². The van der Waals surface area contributed by atoms with Crippen molar-refractivity contribution in [2.45, 2.75) is 38.9 Å². The third-order valence-corrected chi connectivity index (χ3v) is 17.1. The van der Waals surface area contributed by atoms with E-state index in [9.17, 15) is 0 Å². The van der Waals surface area contributed by atoms with Crippen molar-refractivity contribution < 1.29 is 18.1 Å². The number of pyridine rings is 4. The lowest BCUT2D eigenvalue weighted by atomic mass is 9.78. The second-order valence-corrected chi connectivity index (χ2v) is 22.6. The van der Waals surface area contributed by atoms with Crippen LogP contribution in [0.2, 0.25) is 0 Å². The number of furan rings is 2. The first-order valence-electron chi connectivity index (χ1n) is 28.2. The van der Waals surface area contributed by atoms with Crippen molar-refractivity contribution in [2.75, 3.05) is 0 Å². The van der Waals surface area contributed by atoms with E-state index in [4.69, 9.17) is 38.1 Å². The molecule has 83 heavy (non-hydrogen) atoms. The van der Waals surface area contributed by atoms with Gasteiger partial charge in [-0.1, -0.05) is 182 Å². The highest BCUT2D eigenvalue weighted by Gasteiger charge is 2.51. The standard InChI is InChI=1S/C43H25N3O.C31H26BNO3/c1-2-9-26(10-3-1)35-23-19-27-17-18-28-20-24-36(45-42(28)41(27)44-35)29-11-8-12-30(25-29)40-34-22-21-32-31-13-5-7-16-38(31)47-43(32)39(34)33-14-4-6-15-37(33)46-40;1-30(2)31(3,4)36-32(35-30)20-11-9-10-19(18-20)28-24-17-16-22-21-12-6-8-15-26(21)34-29(22)27(24)23-13-5-7-14-25(23)33-28/h1-25H;5-18H,1-4H3. The molecule has 0 radical (unpaired) electrons. The highest BCUT2D eigenvalue weighted by atomic mass is 16.7. The van der Waals surface area contributed by atoms with Crippen LogP contribution in [0, 0.1) is 0 Å². The Morgan fingerprint density at radius 1 is 0.325 bits per heavy atom. The molecule has 8 nitrogen and oxygen atoms in total. The normalized spacial score (nSPS) is 14.1. The molecule has 1 aliphatic rings. The van der Waals surface area contributed by atoms with E-state index in [2.05, 4.69) is 210 Å². The van der Waals surface area contributed by atoms with Crippen LogP contribution in [-0.4, -0.2) is 38.3 Å². The first kappa shape index (κ1) is 48.8. The van der Waals surface area contributed by atoms with Crippen molar-refractivity contribution in [3.8, 4) is 45.0 Å². The van der Waals surface area contributed by atoms with Gasteiger partial charge in [0.25, 0.3) is 0 Å². The van der Waals surface area contributed by atoms with Crippen molar-refractivity contribution in [3.63, 3.8) is 0 Å². The van der Waals surface area contributed by atoms with E-state index < -0.39 is 18.3 Å². The maximum atomic E-state index is 6.53. The van der Waals surface area contributed by atoms with E-state index in [0.717, 1.165) is 160 Å². The van der Waals surface area contributed by atoms with Gasteiger partial charge < -0.3 is 18.1 Å². The molecule has 0 bridgehead atoms. The second-order valence-electron chi connectivity index (χ2n) is 22.6. The van der Waals surface area contributed by atoms with Gasteiger partial charge in [-0.3, -0.25) is 0 Å². The fraction of sp³-hybridized carbons (Fsp3) is 0.0811. The molecule has 1 saturated heterocycles. The van der Waals surface area contributed by atoms with Gasteiger partial charge in [-0.15, -0.1) is 0 Å². The van der Waals surface area contributed by atoms with E-state index in [1.165, 1.54) is 0 Å². The van der Waals surface area contributed by atoms with Gasteiger partial charge in [0.15, 0.2) is 0 Å². The van der Waals surface area contributed by atoms with Crippen LogP contribution in [-0.2, 0) is 9.31 Å². The summed E-state index contributed by atoms with van der Waals surface area (Å²) in [5.41, 5.74) is 15.3. The molecular weight excluding hydrogens is 1020 g/mol. The quantitative estimate of drug-likeness (QED) is 0.124. The Morgan fingerprint density at radius 2 is 0.747 bits per heavy atom. The Morgan fingerprint density at radius 3 is 1.30 bits per heavy atom. The summed E-state index contributed by atoms with van der Waals surface area (Å²) in [5, 5.41) is 13.1. The van der Waals surface area contributed by atoms with Crippen LogP contribution in [0.1, 0.15) is 27.7 Å². The average molecular weight is 1070 g/mol. The maximum Gasteiger partial charge on any atom is 0.494 e. The molecule has 16 aromatic rings. The lowest BCUT2D eigenvalue weighted by Crippen LogP contribution is -2.41. The van der Waals surface area contributed by atoms with Crippen LogP contribution in [0.15, 0.2) is 245 Å². The predicted octanol–water partition coefficient (Wildman–Crippen LogP) is 18.6. The van der Waals surface area contributed by atoms with Gasteiger partial charge in [-0.25, -0.2) is 19.9 Å². The molecule has 0 N–H and O–H groups in total. The Balaban J connectivity index is 0.000000141. The highest BCUT2D eigenvalue weighted by molar-refractivity contribution is 6.62. The Bertz CT molecular complexity index is 5310. The topological polar surface area (TPSA) is 96.3 Å². The van der Waals surface area contributed by atoms with Crippen molar-refractivity contribution in [1.29, 1.82) is 0 Å². The molecule has 394 valence electrons. The first-order valence-corrected chi connectivity index (χ1v) is 28.2. The summed E-state index contributed by atoms with van der Waals surface area (Å²) in [5.74, 6) is 0. The largest absolute Gasteiger partial charge is 0.494 e. The van der Waals surface area contributed by atoms with Gasteiger partial charge in [-0.05, 0) is 87.8 Å². The number of rotatable bonds is 5. The number of aromatic nitrogens is 4. The summed E-state index contributed by atoms with van der Waals surface area (Å²) in [6, 6.07) is 81.6. The lowest BCUT2D eigenvalue weighted by Gasteiger charge is -2.32. The minimum absolute atomic E-state index is 0.394. The maximum absolute atomic E-state index is 6.53. The molecule has 0 saturated carbocycles. The number of para-hydroxylation sites is 4. The van der Waals surface area contributed by atoms with Crippen molar-refractivity contribution in [3.05, 3.63) is 237 Å². The minimum atomic E-state index is -0.427. The summed E-state index contributed by atoms with van der Waals surface area (Å²) in [6.45, 7) is 8.31. The predicted molar refractivity (Wildman–Crippen MR) is 341 cm³/mol. The van der Waals surface area contributed by atoms with Gasteiger partial charge in [0.05, 0.1) is 56.0 Å². The Kier molecular flexibility index (Phi) is 11.0. The van der Waals surface area contributed by atoms with Gasteiger partial charge in [-0.2, -0.15) is 0 Å². The summed E-state index contributed by atoms with van der Waals surface area (Å²) >= 11 is 0. The third-order valence-electron chi connectivity index (χ3n) is 17.1. The molecule has 0 unspecified atom stereocenters. The molecule has 9 heteroatoms. The number of hydrogen-bond acceptors (Lipinski definition) is 8. The molecule has 0 aliphatic carbocycles. The number of hydrogen-bond donors (Lipinski definition) is 0. The molecule has 0 atom stereocenters.